The van der Waals surface area contributed by atoms with E-state index in [1.54, 1.807) is 21.4 Å². The monoisotopic (exact) mass is 532 g/mol. The van der Waals surface area contributed by atoms with Crippen LogP contribution < -0.4 is 16.4 Å². The van der Waals surface area contributed by atoms with Crippen LogP contribution in [0.15, 0.2) is 42.6 Å². The predicted molar refractivity (Wildman–Crippen MR) is 145 cm³/mol. The summed E-state index contributed by atoms with van der Waals surface area (Å²) in [5.41, 5.74) is 9.72. The van der Waals surface area contributed by atoms with Crippen LogP contribution in [-0.2, 0) is 24.4 Å². The molecule has 4 rings (SSSR count). The van der Waals surface area contributed by atoms with Crippen molar-refractivity contribution in [3.8, 4) is 0 Å². The second kappa shape index (κ2) is 12.2. The first kappa shape index (κ1) is 27.3. The molecule has 3 heterocycles. The van der Waals surface area contributed by atoms with Crippen molar-refractivity contribution >= 4 is 35.0 Å². The normalized spacial score (nSPS) is 10.9. The van der Waals surface area contributed by atoms with Crippen LogP contribution in [0.3, 0.4) is 0 Å². The maximum Gasteiger partial charge on any atom is 0.407 e. The number of pyridine rings is 1. The van der Waals surface area contributed by atoms with Gasteiger partial charge in [0.25, 0.3) is 5.91 Å². The highest BCUT2D eigenvalue weighted by Gasteiger charge is 2.19. The van der Waals surface area contributed by atoms with Gasteiger partial charge in [0.15, 0.2) is 5.65 Å². The lowest BCUT2D eigenvalue weighted by Gasteiger charge is -2.11. The number of carbonyl (C=O) groups is 3. The molecular formula is C27H32N8O4. The number of hydrogen-bond donors (Lipinski definition) is 3. The highest BCUT2D eigenvalue weighted by molar-refractivity contribution is 6.03. The maximum atomic E-state index is 13.1. The first-order valence-electron chi connectivity index (χ1n) is 12.7. The molecule has 39 heavy (non-hydrogen) atoms. The summed E-state index contributed by atoms with van der Waals surface area (Å²) in [5.74, 6) is -0.689. The van der Waals surface area contributed by atoms with E-state index in [0.717, 1.165) is 16.8 Å². The summed E-state index contributed by atoms with van der Waals surface area (Å²) in [5, 5.41) is 9.94. The number of ether oxygens (including phenoxy) is 1. The summed E-state index contributed by atoms with van der Waals surface area (Å²) in [6.45, 7) is 7.32. The van der Waals surface area contributed by atoms with E-state index in [-0.39, 0.29) is 24.0 Å². The molecule has 3 amide bonds. The summed E-state index contributed by atoms with van der Waals surface area (Å²) in [6, 6.07) is 11.0. The smallest absolute Gasteiger partial charge is 0.407 e. The second-order valence-corrected chi connectivity index (χ2v) is 9.16. The van der Waals surface area contributed by atoms with E-state index in [9.17, 15) is 14.4 Å². The van der Waals surface area contributed by atoms with Gasteiger partial charge in [-0.05, 0) is 51.3 Å². The van der Waals surface area contributed by atoms with Crippen molar-refractivity contribution in [3.63, 3.8) is 0 Å². The molecule has 4 aromatic rings. The SMILES string of the molecule is CCn1nc(C)cc1C(=O)Nc1nc2cc(C(N)=O)cnc2n1CCCCNC(=O)OCc1cccc(C)c1. The fraction of sp³-hybridized carbons (Fsp3) is 0.333. The van der Waals surface area contributed by atoms with Crippen LogP contribution in [0.1, 0.15) is 57.4 Å². The molecule has 0 aliphatic carbocycles. The van der Waals surface area contributed by atoms with Gasteiger partial charge in [-0.1, -0.05) is 29.8 Å². The van der Waals surface area contributed by atoms with E-state index < -0.39 is 12.0 Å². The van der Waals surface area contributed by atoms with Gasteiger partial charge in [-0.3, -0.25) is 24.2 Å². The van der Waals surface area contributed by atoms with Gasteiger partial charge in [0.2, 0.25) is 11.9 Å². The number of primary amides is 1. The minimum absolute atomic E-state index is 0.201. The number of alkyl carbamates (subject to hydrolysis) is 1. The fourth-order valence-corrected chi connectivity index (χ4v) is 4.18. The van der Waals surface area contributed by atoms with Gasteiger partial charge in [-0.2, -0.15) is 5.10 Å². The molecule has 0 radical (unpaired) electrons. The molecule has 0 aliphatic heterocycles. The number of nitrogens with one attached hydrogen (secondary N) is 2. The zero-order valence-electron chi connectivity index (χ0n) is 22.2. The molecule has 0 fully saturated rings. The zero-order chi connectivity index (χ0) is 27.9. The van der Waals surface area contributed by atoms with Gasteiger partial charge in [0.1, 0.15) is 17.8 Å². The van der Waals surface area contributed by atoms with Crippen LogP contribution in [0.4, 0.5) is 10.7 Å². The Morgan fingerprint density at radius 1 is 1.10 bits per heavy atom. The molecule has 0 saturated carbocycles. The number of fused-ring (bicyclic) bond motifs is 1. The van der Waals surface area contributed by atoms with Gasteiger partial charge >= 0.3 is 6.09 Å². The van der Waals surface area contributed by atoms with Crippen LogP contribution in [0, 0.1) is 13.8 Å². The first-order chi connectivity index (χ1) is 18.7. The van der Waals surface area contributed by atoms with Crippen molar-refractivity contribution in [2.24, 2.45) is 5.73 Å². The van der Waals surface area contributed by atoms with E-state index in [0.29, 0.717) is 49.3 Å². The third kappa shape index (κ3) is 6.78. The molecule has 0 unspecified atom stereocenters. The van der Waals surface area contributed by atoms with Crippen molar-refractivity contribution in [3.05, 3.63) is 70.7 Å². The summed E-state index contributed by atoms with van der Waals surface area (Å²) in [7, 11) is 0. The number of aromatic nitrogens is 5. The van der Waals surface area contributed by atoms with E-state index in [4.69, 9.17) is 10.5 Å². The Morgan fingerprint density at radius 2 is 1.92 bits per heavy atom. The summed E-state index contributed by atoms with van der Waals surface area (Å²) in [6.07, 6.45) is 2.20. The lowest BCUT2D eigenvalue weighted by Crippen LogP contribution is -2.25. The average Bonchev–Trinajstić information content (AvgIpc) is 3.46. The third-order valence-corrected chi connectivity index (χ3v) is 6.06. The molecule has 204 valence electrons. The Balaban J connectivity index is 1.40. The van der Waals surface area contributed by atoms with Crippen LogP contribution >= 0.6 is 0 Å². The molecule has 1 aromatic carbocycles. The third-order valence-electron chi connectivity index (χ3n) is 6.06. The molecule has 0 atom stereocenters. The van der Waals surface area contributed by atoms with Crippen LogP contribution in [-0.4, -0.2) is 48.8 Å². The fourth-order valence-electron chi connectivity index (χ4n) is 4.18. The number of aryl methyl sites for hydroxylation is 4. The molecule has 3 aromatic heterocycles. The Labute approximate surface area is 225 Å². The second-order valence-electron chi connectivity index (χ2n) is 9.16. The average molecular weight is 533 g/mol. The number of nitrogens with two attached hydrogens (primary N) is 1. The first-order valence-corrected chi connectivity index (χ1v) is 12.7. The highest BCUT2D eigenvalue weighted by Crippen LogP contribution is 2.21. The Hall–Kier alpha value is -4.74. The molecular weight excluding hydrogens is 500 g/mol. The largest absolute Gasteiger partial charge is 0.445 e. The minimum atomic E-state index is -0.618. The van der Waals surface area contributed by atoms with Crippen LogP contribution in [0.25, 0.3) is 11.2 Å². The molecule has 0 aliphatic rings. The molecule has 0 bridgehead atoms. The molecule has 4 N–H and O–H groups in total. The van der Waals surface area contributed by atoms with Crippen LogP contribution in [0.2, 0.25) is 0 Å². The van der Waals surface area contributed by atoms with Crippen molar-refractivity contribution in [1.29, 1.82) is 0 Å². The number of nitrogens with zero attached hydrogens (tertiary/aromatic N) is 5. The van der Waals surface area contributed by atoms with Gasteiger partial charge in [-0.25, -0.2) is 14.8 Å². The number of rotatable bonds is 11. The van der Waals surface area contributed by atoms with Crippen LogP contribution in [0.5, 0.6) is 0 Å². The van der Waals surface area contributed by atoms with E-state index in [1.165, 1.54) is 6.20 Å². The molecule has 12 heteroatoms. The highest BCUT2D eigenvalue weighted by atomic mass is 16.5. The number of hydrogen-bond acceptors (Lipinski definition) is 7. The van der Waals surface area contributed by atoms with E-state index >= 15 is 0 Å². The van der Waals surface area contributed by atoms with E-state index in [1.807, 2.05) is 45.0 Å². The van der Waals surface area contributed by atoms with Gasteiger partial charge in [0.05, 0.1) is 11.3 Å². The summed E-state index contributed by atoms with van der Waals surface area (Å²) in [4.78, 5) is 45.6. The summed E-state index contributed by atoms with van der Waals surface area (Å²) >= 11 is 0. The number of benzene rings is 1. The number of carbonyl (C=O) groups excluding carboxylic acids is 3. The van der Waals surface area contributed by atoms with Crippen molar-refractivity contribution in [1.82, 2.24) is 29.6 Å². The Kier molecular flexibility index (Phi) is 8.54. The van der Waals surface area contributed by atoms with Gasteiger partial charge < -0.3 is 15.8 Å². The van der Waals surface area contributed by atoms with Crippen molar-refractivity contribution < 1.29 is 19.1 Å². The molecule has 0 saturated heterocycles. The van der Waals surface area contributed by atoms with Crippen molar-refractivity contribution in [2.45, 2.75) is 53.3 Å². The topological polar surface area (TPSA) is 159 Å². The Morgan fingerprint density at radius 3 is 2.67 bits per heavy atom. The number of imidazole rings is 1. The van der Waals surface area contributed by atoms with Gasteiger partial charge in [-0.15, -0.1) is 0 Å². The molecule has 0 spiro atoms. The minimum Gasteiger partial charge on any atom is -0.445 e. The predicted octanol–water partition coefficient (Wildman–Crippen LogP) is 3.32. The zero-order valence-corrected chi connectivity index (χ0v) is 22.2. The quantitative estimate of drug-likeness (QED) is 0.250. The van der Waals surface area contributed by atoms with Crippen molar-refractivity contribution in [2.75, 3.05) is 11.9 Å². The van der Waals surface area contributed by atoms with E-state index in [2.05, 4.69) is 25.7 Å². The molecule has 12 nitrogen and oxygen atoms in total. The number of anilines is 1. The Bertz CT molecular complexity index is 1510. The number of amides is 3. The van der Waals surface area contributed by atoms with Gasteiger partial charge in [0, 0.05) is 25.8 Å². The lowest BCUT2D eigenvalue weighted by molar-refractivity contribution is 0.0995. The lowest BCUT2D eigenvalue weighted by atomic mass is 10.1. The summed E-state index contributed by atoms with van der Waals surface area (Å²) < 4.78 is 8.67. The standard InChI is InChI=1S/C27H32N8O4/c1-4-35-22(13-18(3)33-35)25(37)32-26-31-21-14-20(23(28)36)15-30-24(21)34(26)11-6-5-10-29-27(38)39-16-19-9-7-8-17(2)12-19/h7-9,12-15H,4-6,10-11,16H2,1-3H3,(H2,28,36)(H,29,38)(H,31,32,37). The maximum absolute atomic E-state index is 13.1. The number of unbranched alkanes of at least 4 members (excludes halogenated alkanes) is 1.